The number of aromatic nitrogens is 1. The van der Waals surface area contributed by atoms with E-state index in [9.17, 15) is 15.2 Å². The average Bonchev–Trinajstić information content (AvgIpc) is 2.80. The van der Waals surface area contributed by atoms with Crippen LogP contribution in [-0.4, -0.2) is 33.3 Å². The van der Waals surface area contributed by atoms with Gasteiger partial charge in [0.25, 0.3) is 0 Å². The molecule has 0 radical (unpaired) electrons. The molecule has 2 aromatic carbocycles. The molecule has 4 rings (SSSR count). The van der Waals surface area contributed by atoms with E-state index in [1.807, 2.05) is 60.7 Å². The van der Waals surface area contributed by atoms with Crippen LogP contribution in [0.5, 0.6) is 0 Å². The molecule has 1 aromatic heterocycles. The zero-order chi connectivity index (χ0) is 21.8. The van der Waals surface area contributed by atoms with E-state index in [2.05, 4.69) is 16.4 Å². The summed E-state index contributed by atoms with van der Waals surface area (Å²) in [6.07, 6.45) is 0.642. The normalized spacial score (nSPS) is 19.0. The molecule has 4 N–H and O–H groups in total. The molecule has 1 aliphatic heterocycles. The van der Waals surface area contributed by atoms with E-state index in [4.69, 9.17) is 5.73 Å². The molecule has 0 spiro atoms. The van der Waals surface area contributed by atoms with Gasteiger partial charge in [-0.25, -0.2) is 4.98 Å². The number of aliphatic hydroxyl groups excluding tert-OH is 1. The van der Waals surface area contributed by atoms with Crippen LogP contribution in [0.2, 0.25) is 0 Å². The second-order valence-electron chi connectivity index (χ2n) is 7.51. The van der Waals surface area contributed by atoms with Crippen LogP contribution in [0, 0.1) is 17.2 Å². The van der Waals surface area contributed by atoms with Gasteiger partial charge in [-0.3, -0.25) is 15.0 Å². The van der Waals surface area contributed by atoms with E-state index in [1.165, 1.54) is 4.90 Å². The third-order valence-corrected chi connectivity index (χ3v) is 5.53. The highest BCUT2D eigenvalue weighted by Crippen LogP contribution is 2.32. The Morgan fingerprint density at radius 2 is 1.71 bits per heavy atom. The molecule has 1 saturated heterocycles. The van der Waals surface area contributed by atoms with Gasteiger partial charge in [-0.05, 0) is 35.2 Å². The van der Waals surface area contributed by atoms with Gasteiger partial charge >= 0.3 is 0 Å². The minimum atomic E-state index is -1.30. The lowest BCUT2D eigenvalue weighted by atomic mass is 9.83. The third kappa shape index (κ3) is 4.26. The summed E-state index contributed by atoms with van der Waals surface area (Å²) in [5.41, 5.74) is 8.43. The highest BCUT2D eigenvalue weighted by molar-refractivity contribution is 5.87. The molecule has 0 bridgehead atoms. The highest BCUT2D eigenvalue weighted by Gasteiger charge is 2.50. The fourth-order valence-corrected chi connectivity index (χ4v) is 3.98. The van der Waals surface area contributed by atoms with Crippen molar-refractivity contribution in [3.8, 4) is 6.07 Å². The number of carbonyl (C=O) groups excluding carboxylic acids is 1. The smallest absolute Gasteiger partial charge is 0.233 e. The summed E-state index contributed by atoms with van der Waals surface area (Å²) < 4.78 is 0. The number of hydrogen-bond donors (Lipinski definition) is 3. The molecule has 1 amide bonds. The van der Waals surface area contributed by atoms with Crippen molar-refractivity contribution in [3.63, 3.8) is 0 Å². The molecular formula is C24H23N5O2. The molecule has 2 heterocycles. The highest BCUT2D eigenvalue weighted by atomic mass is 16.3. The van der Waals surface area contributed by atoms with Crippen molar-refractivity contribution in [1.29, 1.82) is 5.26 Å². The molecule has 7 nitrogen and oxygen atoms in total. The standard InChI is InChI=1S/C24H23N5O2/c25-15-20-19(13-16-11-12-27-21(26)14-16)23(30)29(20)24(31)28-22(17-7-3-1-4-8-17)18-9-5-2-6-10-18/h1-12,14,19-20,22,24,28,31H,13H2,(H2,26,27)/t19-,20?,24?/m1/s1. The fourth-order valence-electron chi connectivity index (χ4n) is 3.98. The van der Waals surface area contributed by atoms with Gasteiger partial charge in [-0.15, -0.1) is 0 Å². The number of nitrogens with one attached hydrogen (secondary N) is 1. The van der Waals surface area contributed by atoms with Gasteiger partial charge in [0, 0.05) is 6.20 Å². The number of hydrogen-bond acceptors (Lipinski definition) is 6. The van der Waals surface area contributed by atoms with Crippen LogP contribution in [0.1, 0.15) is 22.7 Å². The van der Waals surface area contributed by atoms with Crippen molar-refractivity contribution in [1.82, 2.24) is 15.2 Å². The first-order valence-electron chi connectivity index (χ1n) is 10.0. The Morgan fingerprint density at radius 1 is 1.10 bits per heavy atom. The maximum Gasteiger partial charge on any atom is 0.233 e. The summed E-state index contributed by atoms with van der Waals surface area (Å²) in [7, 11) is 0. The van der Waals surface area contributed by atoms with Crippen molar-refractivity contribution in [2.45, 2.75) is 24.9 Å². The van der Waals surface area contributed by atoms with Crippen LogP contribution in [0.4, 0.5) is 5.82 Å². The number of anilines is 1. The minimum Gasteiger partial charge on any atom is -0.384 e. The van der Waals surface area contributed by atoms with Gasteiger partial charge in [0.1, 0.15) is 11.9 Å². The van der Waals surface area contributed by atoms with E-state index >= 15 is 0 Å². The zero-order valence-electron chi connectivity index (χ0n) is 16.8. The molecule has 31 heavy (non-hydrogen) atoms. The van der Waals surface area contributed by atoms with Crippen LogP contribution in [0.15, 0.2) is 79.0 Å². The summed E-state index contributed by atoms with van der Waals surface area (Å²) in [6.45, 7) is 0. The topological polar surface area (TPSA) is 115 Å². The van der Waals surface area contributed by atoms with E-state index in [1.54, 1.807) is 18.3 Å². The van der Waals surface area contributed by atoms with Crippen LogP contribution in [0.3, 0.4) is 0 Å². The summed E-state index contributed by atoms with van der Waals surface area (Å²) in [4.78, 5) is 18.0. The SMILES string of the molecule is N#CC1[C@@H](Cc2ccnc(N)c2)C(=O)N1C(O)NC(c1ccccc1)c1ccccc1. The predicted octanol–water partition coefficient (Wildman–Crippen LogP) is 2.21. The molecule has 7 heteroatoms. The first-order chi connectivity index (χ1) is 15.1. The number of nitriles is 1. The minimum absolute atomic E-state index is 0.276. The third-order valence-electron chi connectivity index (χ3n) is 5.53. The Balaban J connectivity index is 1.52. The van der Waals surface area contributed by atoms with Crippen molar-refractivity contribution < 1.29 is 9.90 Å². The molecule has 1 fully saturated rings. The van der Waals surface area contributed by atoms with Crippen LogP contribution >= 0.6 is 0 Å². The second kappa shape index (κ2) is 8.96. The number of likely N-dealkylation sites (tertiary alicyclic amines) is 1. The molecule has 3 atom stereocenters. The van der Waals surface area contributed by atoms with E-state index in [-0.39, 0.29) is 11.9 Å². The van der Waals surface area contributed by atoms with E-state index in [0.29, 0.717) is 12.2 Å². The Labute approximate surface area is 180 Å². The molecule has 0 aliphatic carbocycles. The number of nitrogen functional groups attached to an aromatic ring is 1. The van der Waals surface area contributed by atoms with Gasteiger partial charge in [0.2, 0.25) is 5.91 Å². The van der Waals surface area contributed by atoms with Gasteiger partial charge in [-0.2, -0.15) is 5.26 Å². The lowest BCUT2D eigenvalue weighted by molar-refractivity contribution is -0.174. The van der Waals surface area contributed by atoms with Gasteiger partial charge in [-0.1, -0.05) is 60.7 Å². The Kier molecular flexibility index (Phi) is 5.94. The fraction of sp³-hybridized carbons (Fsp3) is 0.208. The maximum atomic E-state index is 12.8. The summed E-state index contributed by atoms with van der Waals surface area (Å²) in [5.74, 6) is -0.443. The van der Waals surface area contributed by atoms with Crippen LogP contribution in [0.25, 0.3) is 0 Å². The molecule has 156 valence electrons. The Hall–Kier alpha value is -3.73. The summed E-state index contributed by atoms with van der Waals surface area (Å²) in [5, 5.41) is 23.7. The lowest BCUT2D eigenvalue weighted by Gasteiger charge is -2.46. The van der Waals surface area contributed by atoms with Gasteiger partial charge < -0.3 is 10.8 Å². The molecule has 0 saturated carbocycles. The molecule has 2 unspecified atom stereocenters. The molecular weight excluding hydrogens is 390 g/mol. The average molecular weight is 413 g/mol. The van der Waals surface area contributed by atoms with Crippen LogP contribution < -0.4 is 11.1 Å². The number of amides is 1. The van der Waals surface area contributed by atoms with Crippen molar-refractivity contribution in [3.05, 3.63) is 95.7 Å². The quantitative estimate of drug-likeness (QED) is 0.404. The van der Waals surface area contributed by atoms with Gasteiger partial charge in [0.05, 0.1) is 18.0 Å². The Bertz CT molecular complexity index is 1040. The monoisotopic (exact) mass is 413 g/mol. The van der Waals surface area contributed by atoms with Crippen molar-refractivity contribution in [2.75, 3.05) is 5.73 Å². The maximum absolute atomic E-state index is 12.8. The van der Waals surface area contributed by atoms with Gasteiger partial charge in [0.15, 0.2) is 6.35 Å². The largest absolute Gasteiger partial charge is 0.384 e. The number of pyridine rings is 1. The second-order valence-corrected chi connectivity index (χ2v) is 7.51. The van der Waals surface area contributed by atoms with E-state index in [0.717, 1.165) is 16.7 Å². The number of rotatable bonds is 7. The number of nitrogens with two attached hydrogens (primary N) is 1. The first kappa shape index (κ1) is 20.5. The number of carbonyl (C=O) groups is 1. The molecule has 3 aromatic rings. The number of benzene rings is 2. The molecule has 1 aliphatic rings. The predicted molar refractivity (Wildman–Crippen MR) is 116 cm³/mol. The zero-order valence-corrected chi connectivity index (χ0v) is 16.8. The first-order valence-corrected chi connectivity index (χ1v) is 10.0. The lowest BCUT2D eigenvalue weighted by Crippen LogP contribution is -2.67. The number of β-lactam (4-membered cyclic amide) rings is 1. The van der Waals surface area contributed by atoms with Crippen molar-refractivity contribution in [2.24, 2.45) is 5.92 Å². The number of nitrogens with zero attached hydrogens (tertiary/aromatic N) is 3. The van der Waals surface area contributed by atoms with E-state index < -0.39 is 18.3 Å². The summed E-state index contributed by atoms with van der Waals surface area (Å²) >= 11 is 0. The summed E-state index contributed by atoms with van der Waals surface area (Å²) in [6, 6.07) is 23.9. The Morgan fingerprint density at radius 3 is 2.26 bits per heavy atom. The number of aliphatic hydroxyl groups is 1. The van der Waals surface area contributed by atoms with Crippen LogP contribution in [-0.2, 0) is 11.2 Å². The van der Waals surface area contributed by atoms with Crippen molar-refractivity contribution >= 4 is 11.7 Å².